The lowest BCUT2D eigenvalue weighted by Crippen LogP contribution is -2.17. The molecule has 0 saturated carbocycles. The molecule has 0 aliphatic rings. The first-order valence-corrected chi connectivity index (χ1v) is 7.47. The molecule has 25 heavy (non-hydrogen) atoms. The number of benzene rings is 2. The maximum Gasteiger partial charge on any atom is 0.340 e. The monoisotopic (exact) mass is 349 g/mol. The zero-order valence-electron chi connectivity index (χ0n) is 13.8. The topological polar surface area (TPSA) is 64.6 Å². The summed E-state index contributed by atoms with van der Waals surface area (Å²) in [5.74, 6) is -2.93. The normalized spacial score (nSPS) is 10.2. The molecule has 0 saturated heterocycles. The molecule has 0 bridgehead atoms. The van der Waals surface area contributed by atoms with E-state index in [0.29, 0.717) is 11.8 Å². The van der Waals surface area contributed by atoms with Crippen LogP contribution < -0.4 is 10.1 Å². The van der Waals surface area contributed by atoms with Crippen molar-refractivity contribution in [3.05, 3.63) is 59.2 Å². The Kier molecular flexibility index (Phi) is 6.05. The third kappa shape index (κ3) is 5.00. The van der Waals surface area contributed by atoms with Gasteiger partial charge in [-0.3, -0.25) is 4.79 Å². The molecular formula is C18H17F2NO4. The number of halogens is 2. The van der Waals surface area contributed by atoms with Gasteiger partial charge in [-0.2, -0.15) is 0 Å². The largest absolute Gasteiger partial charge is 0.493 e. The van der Waals surface area contributed by atoms with Crippen LogP contribution in [-0.2, 0) is 9.53 Å². The van der Waals surface area contributed by atoms with E-state index < -0.39 is 29.1 Å². The summed E-state index contributed by atoms with van der Waals surface area (Å²) < 4.78 is 37.1. The van der Waals surface area contributed by atoms with Gasteiger partial charge in [0.15, 0.2) is 0 Å². The number of anilines is 1. The highest BCUT2D eigenvalue weighted by Gasteiger charge is 2.17. The number of aryl methyl sites for hydroxylation is 1. The molecule has 2 aromatic carbocycles. The lowest BCUT2D eigenvalue weighted by molar-refractivity contribution is -0.116. The third-order valence-electron chi connectivity index (χ3n) is 3.32. The Bertz CT molecular complexity index is 793. The van der Waals surface area contributed by atoms with Gasteiger partial charge in [0.25, 0.3) is 0 Å². The van der Waals surface area contributed by atoms with E-state index in [-0.39, 0.29) is 18.7 Å². The SMILES string of the molecule is COC(=O)c1cc(NC(=O)CCOc2cccc(C)c2)c(F)cc1F. The molecule has 0 aromatic heterocycles. The Balaban J connectivity index is 1.97. The number of amides is 1. The van der Waals surface area contributed by atoms with Crippen molar-refractivity contribution in [2.45, 2.75) is 13.3 Å². The van der Waals surface area contributed by atoms with Gasteiger partial charge in [0, 0.05) is 6.07 Å². The van der Waals surface area contributed by atoms with E-state index >= 15 is 0 Å². The average Bonchev–Trinajstić information content (AvgIpc) is 2.56. The van der Waals surface area contributed by atoms with Gasteiger partial charge in [0.2, 0.25) is 5.91 Å². The van der Waals surface area contributed by atoms with Gasteiger partial charge < -0.3 is 14.8 Å². The molecule has 2 rings (SSSR count). The number of carbonyl (C=O) groups is 2. The van der Waals surface area contributed by atoms with Crippen LogP contribution in [0, 0.1) is 18.6 Å². The van der Waals surface area contributed by atoms with E-state index in [4.69, 9.17) is 4.74 Å². The highest BCUT2D eigenvalue weighted by Crippen LogP contribution is 2.20. The number of methoxy groups -OCH3 is 1. The van der Waals surface area contributed by atoms with Crippen LogP contribution in [0.15, 0.2) is 36.4 Å². The number of carbonyl (C=O) groups excluding carboxylic acids is 2. The van der Waals surface area contributed by atoms with Crippen LogP contribution in [0.1, 0.15) is 22.3 Å². The number of esters is 1. The van der Waals surface area contributed by atoms with Crippen LogP contribution in [0.2, 0.25) is 0 Å². The molecular weight excluding hydrogens is 332 g/mol. The summed E-state index contributed by atoms with van der Waals surface area (Å²) in [6.07, 6.45) is -0.0433. The van der Waals surface area contributed by atoms with Crippen molar-refractivity contribution in [1.82, 2.24) is 0 Å². The first kappa shape index (κ1) is 18.4. The van der Waals surface area contributed by atoms with Crippen molar-refractivity contribution in [2.24, 2.45) is 0 Å². The first-order chi connectivity index (χ1) is 11.9. The lowest BCUT2D eigenvalue weighted by Gasteiger charge is -2.10. The zero-order chi connectivity index (χ0) is 18.4. The van der Waals surface area contributed by atoms with Crippen LogP contribution in [-0.4, -0.2) is 25.6 Å². The third-order valence-corrected chi connectivity index (χ3v) is 3.32. The number of hydrogen-bond donors (Lipinski definition) is 1. The van der Waals surface area contributed by atoms with Crippen LogP contribution in [0.5, 0.6) is 5.75 Å². The molecule has 2 aromatic rings. The molecule has 7 heteroatoms. The second-order valence-electron chi connectivity index (χ2n) is 5.27. The smallest absolute Gasteiger partial charge is 0.340 e. The molecule has 0 atom stereocenters. The molecule has 0 spiro atoms. The summed E-state index contributed by atoms with van der Waals surface area (Å²) in [6, 6.07) is 8.73. The van der Waals surface area contributed by atoms with Crippen molar-refractivity contribution in [1.29, 1.82) is 0 Å². The van der Waals surface area contributed by atoms with Gasteiger partial charge in [-0.25, -0.2) is 13.6 Å². The van der Waals surface area contributed by atoms with E-state index in [1.54, 1.807) is 6.07 Å². The first-order valence-electron chi connectivity index (χ1n) is 7.47. The molecule has 0 fully saturated rings. The van der Waals surface area contributed by atoms with E-state index in [2.05, 4.69) is 10.1 Å². The fraction of sp³-hybridized carbons (Fsp3) is 0.222. The minimum absolute atomic E-state index is 0.0433. The van der Waals surface area contributed by atoms with Crippen LogP contribution in [0.4, 0.5) is 14.5 Å². The number of nitrogens with one attached hydrogen (secondary N) is 1. The highest BCUT2D eigenvalue weighted by molar-refractivity contribution is 5.94. The predicted octanol–water partition coefficient (Wildman–Crippen LogP) is 3.47. The molecule has 5 nitrogen and oxygen atoms in total. The maximum absolute atomic E-state index is 13.8. The molecule has 0 heterocycles. The summed E-state index contributed by atoms with van der Waals surface area (Å²) >= 11 is 0. The second-order valence-corrected chi connectivity index (χ2v) is 5.27. The second kappa shape index (κ2) is 8.23. The molecule has 1 N–H and O–H groups in total. The Hall–Kier alpha value is -2.96. The maximum atomic E-state index is 13.8. The molecule has 0 unspecified atom stereocenters. The lowest BCUT2D eigenvalue weighted by atomic mass is 10.1. The van der Waals surface area contributed by atoms with Gasteiger partial charge in [-0.05, 0) is 30.7 Å². The van der Waals surface area contributed by atoms with Crippen LogP contribution in [0.3, 0.4) is 0 Å². The highest BCUT2D eigenvalue weighted by atomic mass is 19.1. The van der Waals surface area contributed by atoms with Gasteiger partial charge in [-0.1, -0.05) is 12.1 Å². The average molecular weight is 349 g/mol. The number of ether oxygens (including phenoxy) is 2. The van der Waals surface area contributed by atoms with Crippen molar-refractivity contribution in [2.75, 3.05) is 19.0 Å². The van der Waals surface area contributed by atoms with Gasteiger partial charge in [-0.15, -0.1) is 0 Å². The van der Waals surface area contributed by atoms with E-state index in [1.807, 2.05) is 25.1 Å². The summed E-state index contributed by atoms with van der Waals surface area (Å²) in [6.45, 7) is 2.00. The minimum Gasteiger partial charge on any atom is -0.493 e. The van der Waals surface area contributed by atoms with Crippen molar-refractivity contribution < 1.29 is 27.8 Å². The van der Waals surface area contributed by atoms with Crippen LogP contribution >= 0.6 is 0 Å². The number of hydrogen-bond acceptors (Lipinski definition) is 4. The molecule has 132 valence electrons. The van der Waals surface area contributed by atoms with Gasteiger partial charge in [0.1, 0.15) is 17.4 Å². The number of rotatable bonds is 6. The Morgan fingerprint density at radius 2 is 1.88 bits per heavy atom. The van der Waals surface area contributed by atoms with Crippen molar-refractivity contribution in [3.63, 3.8) is 0 Å². The molecule has 0 aliphatic heterocycles. The molecule has 1 amide bonds. The Labute approximate surface area is 143 Å². The van der Waals surface area contributed by atoms with Gasteiger partial charge >= 0.3 is 5.97 Å². The fourth-order valence-electron chi connectivity index (χ4n) is 2.09. The zero-order valence-corrected chi connectivity index (χ0v) is 13.8. The predicted molar refractivity (Wildman–Crippen MR) is 87.6 cm³/mol. The van der Waals surface area contributed by atoms with Gasteiger partial charge in [0.05, 0.1) is 31.4 Å². The van der Waals surface area contributed by atoms with Crippen molar-refractivity contribution >= 4 is 17.6 Å². The molecule has 0 aliphatic carbocycles. The summed E-state index contributed by atoms with van der Waals surface area (Å²) in [7, 11) is 1.08. The van der Waals surface area contributed by atoms with Crippen LogP contribution in [0.25, 0.3) is 0 Å². The summed E-state index contributed by atoms with van der Waals surface area (Å²) in [4.78, 5) is 23.3. The van der Waals surface area contributed by atoms with E-state index in [1.165, 1.54) is 0 Å². The Morgan fingerprint density at radius 3 is 2.56 bits per heavy atom. The van der Waals surface area contributed by atoms with Crippen molar-refractivity contribution in [3.8, 4) is 5.75 Å². The van der Waals surface area contributed by atoms with E-state index in [0.717, 1.165) is 18.7 Å². The minimum atomic E-state index is -1.06. The van der Waals surface area contributed by atoms with E-state index in [9.17, 15) is 18.4 Å². The summed E-state index contributed by atoms with van der Waals surface area (Å²) in [5, 5.41) is 2.29. The Morgan fingerprint density at radius 1 is 1.12 bits per heavy atom. The summed E-state index contributed by atoms with van der Waals surface area (Å²) in [5.41, 5.74) is 0.253. The fourth-order valence-corrected chi connectivity index (χ4v) is 2.09. The standard InChI is InChI=1S/C18H17F2NO4/c1-11-4-3-5-12(8-11)25-7-6-17(22)21-16-9-13(18(23)24-2)14(19)10-15(16)20/h3-5,8-10H,6-7H2,1-2H3,(H,21,22). The quantitative estimate of drug-likeness (QED) is 0.811. The molecule has 0 radical (unpaired) electrons.